The van der Waals surface area contributed by atoms with Crippen molar-refractivity contribution >= 4 is 17.5 Å². The Bertz CT molecular complexity index is 419. The zero-order chi connectivity index (χ0) is 13.0. The number of hydrogen-bond acceptors (Lipinski definition) is 1. The molecule has 98 valence electrons. The van der Waals surface area contributed by atoms with Crippen molar-refractivity contribution in [2.75, 3.05) is 19.0 Å². The van der Waals surface area contributed by atoms with Crippen LogP contribution >= 0.6 is 11.6 Å². The number of rotatable bonds is 5. The van der Waals surface area contributed by atoms with E-state index in [1.807, 2.05) is 23.1 Å². The maximum absolute atomic E-state index is 12.3. The molecule has 1 aromatic rings. The molecule has 1 unspecified atom stereocenters. The molecule has 0 bridgehead atoms. The lowest BCUT2D eigenvalue weighted by Gasteiger charge is -2.29. The van der Waals surface area contributed by atoms with Crippen LogP contribution in [0.3, 0.4) is 0 Å². The normalized spacial score (nSPS) is 16.6. The maximum atomic E-state index is 12.3. The van der Waals surface area contributed by atoms with E-state index in [1.165, 1.54) is 5.56 Å². The predicted molar refractivity (Wildman–Crippen MR) is 75.2 cm³/mol. The van der Waals surface area contributed by atoms with Gasteiger partial charge < -0.3 is 4.90 Å². The van der Waals surface area contributed by atoms with E-state index < -0.39 is 0 Å². The number of fused-ring (bicyclic) bond motifs is 1. The molecule has 2 rings (SSSR count). The highest BCUT2D eigenvalue weighted by atomic mass is 35.5. The average molecular weight is 266 g/mol. The number of benzene rings is 1. The topological polar surface area (TPSA) is 20.3 Å². The second-order valence-corrected chi connectivity index (χ2v) is 5.45. The van der Waals surface area contributed by atoms with Gasteiger partial charge in [-0.1, -0.05) is 25.1 Å². The number of hydrogen-bond donors (Lipinski definition) is 0. The van der Waals surface area contributed by atoms with E-state index in [0.717, 1.165) is 37.9 Å². The molecule has 0 aromatic heterocycles. The minimum Gasteiger partial charge on any atom is -0.338 e. The Kier molecular flexibility index (Phi) is 4.65. The number of nitrogens with zero attached hydrogens (tertiary/aromatic N) is 1. The maximum Gasteiger partial charge on any atom is 0.254 e. The van der Waals surface area contributed by atoms with Crippen LogP contribution in [0.4, 0.5) is 0 Å². The van der Waals surface area contributed by atoms with Gasteiger partial charge in [0.2, 0.25) is 0 Å². The van der Waals surface area contributed by atoms with Crippen molar-refractivity contribution < 1.29 is 4.79 Å². The molecule has 1 amide bonds. The largest absolute Gasteiger partial charge is 0.338 e. The van der Waals surface area contributed by atoms with Crippen LogP contribution in [0.1, 0.15) is 35.7 Å². The second-order valence-electron chi connectivity index (χ2n) is 5.07. The van der Waals surface area contributed by atoms with Gasteiger partial charge >= 0.3 is 0 Å². The number of alkyl halides is 1. The van der Waals surface area contributed by atoms with Gasteiger partial charge in [0.05, 0.1) is 0 Å². The van der Waals surface area contributed by atoms with Crippen LogP contribution in [0.5, 0.6) is 0 Å². The smallest absolute Gasteiger partial charge is 0.254 e. The predicted octanol–water partition coefficient (Wildman–Crippen LogP) is 3.34. The summed E-state index contributed by atoms with van der Waals surface area (Å²) in [5.41, 5.74) is 2.07. The van der Waals surface area contributed by atoms with E-state index in [-0.39, 0.29) is 5.91 Å². The van der Waals surface area contributed by atoms with E-state index in [1.54, 1.807) is 0 Å². The Morgan fingerprint density at radius 2 is 2.11 bits per heavy atom. The molecule has 1 aliphatic rings. The molecule has 1 aliphatic heterocycles. The standard InChI is InChI=1S/C15H20ClNO/c1-12(6-9-16)7-10-17-11-8-13-4-2-3-5-14(13)15(17)18/h2-5,12H,6-11H2,1H3. The lowest BCUT2D eigenvalue weighted by molar-refractivity contribution is 0.0731. The Balaban J connectivity index is 1.95. The molecular weight excluding hydrogens is 246 g/mol. The van der Waals surface area contributed by atoms with Gasteiger partial charge in [-0.25, -0.2) is 0 Å². The Labute approximate surface area is 114 Å². The highest BCUT2D eigenvalue weighted by Gasteiger charge is 2.23. The van der Waals surface area contributed by atoms with Gasteiger partial charge in [0.15, 0.2) is 0 Å². The molecule has 1 atom stereocenters. The summed E-state index contributed by atoms with van der Waals surface area (Å²) in [6.45, 7) is 3.90. The molecular formula is C15H20ClNO. The van der Waals surface area contributed by atoms with Crippen molar-refractivity contribution in [1.29, 1.82) is 0 Å². The van der Waals surface area contributed by atoms with Gasteiger partial charge in [0, 0.05) is 24.5 Å². The Hall–Kier alpha value is -1.02. The van der Waals surface area contributed by atoms with Crippen molar-refractivity contribution in [3.8, 4) is 0 Å². The number of halogens is 1. The molecule has 3 heteroatoms. The summed E-state index contributed by atoms with van der Waals surface area (Å²) in [4.78, 5) is 14.3. The minimum absolute atomic E-state index is 0.190. The SMILES string of the molecule is CC(CCCl)CCN1CCc2ccccc2C1=O. The molecule has 2 nitrogen and oxygen atoms in total. The van der Waals surface area contributed by atoms with Crippen molar-refractivity contribution in [3.05, 3.63) is 35.4 Å². The van der Waals surface area contributed by atoms with Gasteiger partial charge in [-0.05, 0) is 36.8 Å². The fourth-order valence-electron chi connectivity index (χ4n) is 2.39. The first-order chi connectivity index (χ1) is 8.72. The first kappa shape index (κ1) is 13.4. The highest BCUT2D eigenvalue weighted by molar-refractivity contribution is 6.17. The summed E-state index contributed by atoms with van der Waals surface area (Å²) < 4.78 is 0. The average Bonchev–Trinajstić information content (AvgIpc) is 2.39. The number of amides is 1. The third-order valence-corrected chi connectivity index (χ3v) is 3.90. The zero-order valence-corrected chi connectivity index (χ0v) is 11.6. The summed E-state index contributed by atoms with van der Waals surface area (Å²) in [5.74, 6) is 1.49. The van der Waals surface area contributed by atoms with Crippen LogP contribution in [0, 0.1) is 5.92 Å². The molecule has 0 spiro atoms. The highest BCUT2D eigenvalue weighted by Crippen LogP contribution is 2.19. The van der Waals surface area contributed by atoms with Crippen LogP contribution in [-0.4, -0.2) is 29.8 Å². The van der Waals surface area contributed by atoms with Gasteiger partial charge in [-0.15, -0.1) is 11.6 Å². The van der Waals surface area contributed by atoms with E-state index in [9.17, 15) is 4.79 Å². The lowest BCUT2D eigenvalue weighted by Crippen LogP contribution is -2.38. The number of carbonyl (C=O) groups excluding carboxylic acids is 1. The zero-order valence-electron chi connectivity index (χ0n) is 10.9. The van der Waals surface area contributed by atoms with Crippen molar-refractivity contribution in [2.45, 2.75) is 26.2 Å². The van der Waals surface area contributed by atoms with Crippen molar-refractivity contribution in [2.24, 2.45) is 5.92 Å². The van der Waals surface area contributed by atoms with Crippen LogP contribution < -0.4 is 0 Å². The van der Waals surface area contributed by atoms with Crippen LogP contribution in [0.2, 0.25) is 0 Å². The first-order valence-corrected chi connectivity index (χ1v) is 7.19. The van der Waals surface area contributed by atoms with E-state index >= 15 is 0 Å². The molecule has 1 heterocycles. The molecule has 0 fully saturated rings. The monoisotopic (exact) mass is 265 g/mol. The van der Waals surface area contributed by atoms with Gasteiger partial charge in [-0.3, -0.25) is 4.79 Å². The fourth-order valence-corrected chi connectivity index (χ4v) is 2.77. The summed E-state index contributed by atoms with van der Waals surface area (Å²) in [7, 11) is 0. The van der Waals surface area contributed by atoms with Crippen LogP contribution in [0.15, 0.2) is 24.3 Å². The molecule has 0 saturated heterocycles. The molecule has 0 radical (unpaired) electrons. The first-order valence-electron chi connectivity index (χ1n) is 6.65. The van der Waals surface area contributed by atoms with E-state index in [4.69, 9.17) is 11.6 Å². The number of carbonyl (C=O) groups is 1. The van der Waals surface area contributed by atoms with E-state index in [0.29, 0.717) is 11.8 Å². The molecule has 0 saturated carbocycles. The van der Waals surface area contributed by atoms with Crippen LogP contribution in [-0.2, 0) is 6.42 Å². The molecule has 0 aliphatic carbocycles. The van der Waals surface area contributed by atoms with Crippen molar-refractivity contribution in [3.63, 3.8) is 0 Å². The molecule has 18 heavy (non-hydrogen) atoms. The summed E-state index contributed by atoms with van der Waals surface area (Å²) in [5, 5.41) is 0. The quantitative estimate of drug-likeness (QED) is 0.748. The molecule has 0 N–H and O–H groups in total. The minimum atomic E-state index is 0.190. The Morgan fingerprint density at radius 3 is 2.89 bits per heavy atom. The van der Waals surface area contributed by atoms with Crippen LogP contribution in [0.25, 0.3) is 0 Å². The third-order valence-electron chi connectivity index (χ3n) is 3.68. The summed E-state index contributed by atoms with van der Waals surface area (Å²) >= 11 is 5.73. The third kappa shape index (κ3) is 3.05. The lowest BCUT2D eigenvalue weighted by atomic mass is 9.98. The molecule has 1 aromatic carbocycles. The van der Waals surface area contributed by atoms with Gasteiger partial charge in [-0.2, -0.15) is 0 Å². The second kappa shape index (κ2) is 6.24. The summed E-state index contributed by atoms with van der Waals surface area (Å²) in [6, 6.07) is 7.94. The van der Waals surface area contributed by atoms with Crippen molar-refractivity contribution in [1.82, 2.24) is 4.90 Å². The van der Waals surface area contributed by atoms with E-state index in [2.05, 4.69) is 13.0 Å². The van der Waals surface area contributed by atoms with Gasteiger partial charge in [0.25, 0.3) is 5.91 Å². The fraction of sp³-hybridized carbons (Fsp3) is 0.533. The van der Waals surface area contributed by atoms with Gasteiger partial charge in [0.1, 0.15) is 0 Å². The summed E-state index contributed by atoms with van der Waals surface area (Å²) in [6.07, 6.45) is 3.05. The Morgan fingerprint density at radius 1 is 1.33 bits per heavy atom.